The van der Waals surface area contributed by atoms with Crippen LogP contribution in [0.4, 0.5) is 15.8 Å². The van der Waals surface area contributed by atoms with E-state index in [4.69, 9.17) is 23.2 Å². The summed E-state index contributed by atoms with van der Waals surface area (Å²) in [6.07, 6.45) is 0. The van der Waals surface area contributed by atoms with Gasteiger partial charge in [-0.25, -0.2) is 4.39 Å². The normalized spacial score (nSPS) is 11.9. The lowest BCUT2D eigenvalue weighted by atomic mass is 10.2. The van der Waals surface area contributed by atoms with Crippen LogP contribution < -0.4 is 10.6 Å². The molecular formula is C18H18Cl2FN3O2. The fourth-order valence-electron chi connectivity index (χ4n) is 2.13. The quantitative estimate of drug-likeness (QED) is 0.773. The highest BCUT2D eigenvalue weighted by Gasteiger charge is 2.21. The second kappa shape index (κ2) is 8.98. The third-order valence-electron chi connectivity index (χ3n) is 3.75. The van der Waals surface area contributed by atoms with Crippen molar-refractivity contribution in [2.24, 2.45) is 0 Å². The number of halogens is 3. The molecule has 0 unspecified atom stereocenters. The molecule has 2 N–H and O–H groups in total. The third kappa shape index (κ3) is 5.69. The first-order valence-electron chi connectivity index (χ1n) is 7.78. The van der Waals surface area contributed by atoms with Gasteiger partial charge in [-0.1, -0.05) is 23.2 Å². The van der Waals surface area contributed by atoms with Gasteiger partial charge < -0.3 is 10.6 Å². The monoisotopic (exact) mass is 397 g/mol. The zero-order chi connectivity index (χ0) is 19.3. The van der Waals surface area contributed by atoms with Crippen molar-refractivity contribution in [2.45, 2.75) is 13.0 Å². The van der Waals surface area contributed by atoms with Gasteiger partial charge in [0.2, 0.25) is 11.8 Å². The van der Waals surface area contributed by atoms with Crippen LogP contribution in [0, 0.1) is 5.82 Å². The van der Waals surface area contributed by atoms with Crippen LogP contribution in [-0.2, 0) is 9.59 Å². The fraction of sp³-hybridized carbons (Fsp3) is 0.222. The van der Waals surface area contributed by atoms with Gasteiger partial charge in [0.25, 0.3) is 0 Å². The lowest BCUT2D eigenvalue weighted by Crippen LogP contribution is -2.43. The second-order valence-corrected chi connectivity index (χ2v) is 6.60. The average molecular weight is 398 g/mol. The molecule has 0 aliphatic rings. The minimum absolute atomic E-state index is 0.00830. The Kier molecular flexibility index (Phi) is 6.97. The van der Waals surface area contributed by atoms with E-state index in [1.807, 2.05) is 0 Å². The summed E-state index contributed by atoms with van der Waals surface area (Å²) < 4.78 is 13.1. The molecule has 0 saturated heterocycles. The topological polar surface area (TPSA) is 61.4 Å². The summed E-state index contributed by atoms with van der Waals surface area (Å²) in [5.74, 6) is -1.12. The van der Waals surface area contributed by atoms with Gasteiger partial charge in [0, 0.05) is 10.7 Å². The Morgan fingerprint density at radius 3 is 2.38 bits per heavy atom. The van der Waals surface area contributed by atoms with E-state index in [9.17, 15) is 14.0 Å². The van der Waals surface area contributed by atoms with Crippen LogP contribution in [0.3, 0.4) is 0 Å². The molecule has 0 spiro atoms. The maximum atomic E-state index is 13.1. The number of carbonyl (C=O) groups is 2. The highest BCUT2D eigenvalue weighted by atomic mass is 35.5. The minimum atomic E-state index is -0.605. The zero-order valence-corrected chi connectivity index (χ0v) is 15.7. The molecule has 138 valence electrons. The predicted molar refractivity (Wildman–Crippen MR) is 102 cm³/mol. The number of hydrogen-bond donors (Lipinski definition) is 2. The molecule has 0 heterocycles. The number of amides is 2. The summed E-state index contributed by atoms with van der Waals surface area (Å²) in [7, 11) is 1.65. The molecule has 2 amide bonds. The summed E-state index contributed by atoms with van der Waals surface area (Å²) in [5.41, 5.74) is 0.923. The molecule has 2 aromatic rings. The van der Waals surface area contributed by atoms with Crippen molar-refractivity contribution < 1.29 is 14.0 Å². The Morgan fingerprint density at radius 2 is 1.77 bits per heavy atom. The number of carbonyl (C=O) groups excluding carboxylic acids is 2. The molecule has 0 radical (unpaired) electrons. The molecule has 0 aromatic heterocycles. The Hall–Kier alpha value is -2.15. The lowest BCUT2D eigenvalue weighted by Gasteiger charge is -2.23. The van der Waals surface area contributed by atoms with E-state index in [1.54, 1.807) is 43.1 Å². The van der Waals surface area contributed by atoms with Gasteiger partial charge >= 0.3 is 0 Å². The van der Waals surface area contributed by atoms with Crippen LogP contribution in [0.2, 0.25) is 10.0 Å². The molecule has 2 rings (SSSR count). The molecule has 1 atom stereocenters. The van der Waals surface area contributed by atoms with E-state index < -0.39 is 11.9 Å². The third-order valence-corrected chi connectivity index (χ3v) is 4.32. The minimum Gasteiger partial charge on any atom is -0.325 e. The molecule has 8 heteroatoms. The van der Waals surface area contributed by atoms with Crippen molar-refractivity contribution >= 4 is 46.4 Å². The summed E-state index contributed by atoms with van der Waals surface area (Å²) in [4.78, 5) is 26.0. The van der Waals surface area contributed by atoms with Crippen LogP contribution >= 0.6 is 23.2 Å². The maximum Gasteiger partial charge on any atom is 0.241 e. The number of anilines is 2. The Bertz CT molecular complexity index is 800. The number of rotatable bonds is 6. The van der Waals surface area contributed by atoms with Crippen molar-refractivity contribution in [1.29, 1.82) is 0 Å². The average Bonchev–Trinajstić information content (AvgIpc) is 2.58. The van der Waals surface area contributed by atoms with E-state index >= 15 is 0 Å². The van der Waals surface area contributed by atoms with Gasteiger partial charge in [0.15, 0.2) is 0 Å². The van der Waals surface area contributed by atoms with Gasteiger partial charge in [0.05, 0.1) is 23.3 Å². The standard InChI is InChI=1S/C18H18Cl2FN3O2/c1-11(18(26)23-16-8-5-13(21)9-15(16)20)24(2)10-17(25)22-14-6-3-12(19)4-7-14/h3-9,11H,10H2,1-2H3,(H,22,25)(H,23,26)/t11-/m0/s1. The lowest BCUT2D eigenvalue weighted by molar-refractivity contribution is -0.122. The van der Waals surface area contributed by atoms with Crippen molar-refractivity contribution in [3.63, 3.8) is 0 Å². The zero-order valence-electron chi connectivity index (χ0n) is 14.2. The molecule has 0 saturated carbocycles. The molecular weight excluding hydrogens is 380 g/mol. The van der Waals surface area contributed by atoms with Crippen LogP contribution in [-0.4, -0.2) is 36.3 Å². The SMILES string of the molecule is C[C@@H](C(=O)Nc1ccc(F)cc1Cl)N(C)CC(=O)Nc1ccc(Cl)cc1. The van der Waals surface area contributed by atoms with Gasteiger partial charge in [-0.15, -0.1) is 0 Å². The van der Waals surface area contributed by atoms with Crippen molar-refractivity contribution in [3.8, 4) is 0 Å². The van der Waals surface area contributed by atoms with E-state index in [1.165, 1.54) is 12.1 Å². The van der Waals surface area contributed by atoms with Crippen LogP contribution in [0.1, 0.15) is 6.92 Å². The molecule has 0 bridgehead atoms. The highest BCUT2D eigenvalue weighted by molar-refractivity contribution is 6.33. The summed E-state index contributed by atoms with van der Waals surface area (Å²) in [5, 5.41) is 6.03. The number of nitrogens with one attached hydrogen (secondary N) is 2. The highest BCUT2D eigenvalue weighted by Crippen LogP contribution is 2.22. The molecule has 26 heavy (non-hydrogen) atoms. The van der Waals surface area contributed by atoms with Gasteiger partial charge in [-0.3, -0.25) is 14.5 Å². The van der Waals surface area contributed by atoms with E-state index in [0.717, 1.165) is 6.07 Å². The number of nitrogens with zero attached hydrogens (tertiary/aromatic N) is 1. The number of likely N-dealkylation sites (N-methyl/N-ethyl adjacent to an activating group) is 1. The first kappa shape index (κ1) is 20.2. The van der Waals surface area contributed by atoms with Gasteiger partial charge in [-0.05, 0) is 56.4 Å². The molecule has 0 aliphatic carbocycles. The van der Waals surface area contributed by atoms with Gasteiger partial charge in [-0.2, -0.15) is 0 Å². The fourth-order valence-corrected chi connectivity index (χ4v) is 2.47. The van der Waals surface area contributed by atoms with Crippen LogP contribution in [0.5, 0.6) is 0 Å². The Balaban J connectivity index is 1.90. The number of benzene rings is 2. The van der Waals surface area contributed by atoms with E-state index in [0.29, 0.717) is 16.4 Å². The van der Waals surface area contributed by atoms with Crippen molar-refractivity contribution in [3.05, 3.63) is 58.3 Å². The largest absolute Gasteiger partial charge is 0.325 e. The Morgan fingerprint density at radius 1 is 1.12 bits per heavy atom. The number of hydrogen-bond acceptors (Lipinski definition) is 3. The second-order valence-electron chi connectivity index (χ2n) is 5.76. The van der Waals surface area contributed by atoms with Gasteiger partial charge in [0.1, 0.15) is 5.82 Å². The summed E-state index contributed by atoms with van der Waals surface area (Å²) in [6.45, 7) is 1.66. The first-order chi connectivity index (χ1) is 12.3. The molecule has 0 aliphatic heterocycles. The molecule has 0 fully saturated rings. The van der Waals surface area contributed by atoms with Crippen LogP contribution in [0.25, 0.3) is 0 Å². The smallest absolute Gasteiger partial charge is 0.241 e. The summed E-state index contributed by atoms with van der Waals surface area (Å²) in [6, 6.07) is 9.81. The first-order valence-corrected chi connectivity index (χ1v) is 8.53. The van der Waals surface area contributed by atoms with E-state index in [2.05, 4.69) is 10.6 Å². The Labute approximate surface area is 161 Å². The van der Waals surface area contributed by atoms with Crippen molar-refractivity contribution in [2.75, 3.05) is 24.2 Å². The van der Waals surface area contributed by atoms with E-state index in [-0.39, 0.29) is 23.4 Å². The predicted octanol–water partition coefficient (Wildman–Crippen LogP) is 4.03. The summed E-state index contributed by atoms with van der Waals surface area (Å²) >= 11 is 11.7. The van der Waals surface area contributed by atoms with Crippen LogP contribution in [0.15, 0.2) is 42.5 Å². The molecule has 5 nitrogen and oxygen atoms in total. The maximum absolute atomic E-state index is 13.1. The van der Waals surface area contributed by atoms with Crippen molar-refractivity contribution in [1.82, 2.24) is 4.90 Å². The molecule has 2 aromatic carbocycles.